The second-order valence-corrected chi connectivity index (χ2v) is 4.17. The van der Waals surface area contributed by atoms with Gasteiger partial charge in [0.05, 0.1) is 0 Å². The summed E-state index contributed by atoms with van der Waals surface area (Å²) in [6.45, 7) is 0. The third-order valence-electron chi connectivity index (χ3n) is 1.46. The van der Waals surface area contributed by atoms with Crippen molar-refractivity contribution in [2.75, 3.05) is 0 Å². The molecule has 0 aliphatic rings. The second-order valence-electron chi connectivity index (χ2n) is 2.36. The molecule has 3 nitrogen and oxygen atoms in total. The van der Waals surface area contributed by atoms with Crippen LogP contribution in [0, 0.1) is 10.1 Å². The monoisotopic (exact) mass is 231 g/mol. The molecule has 64 valence electrons. The molecule has 0 N–H and O–H groups in total. The molecule has 0 aliphatic carbocycles. The van der Waals surface area contributed by atoms with E-state index < -0.39 is 0 Å². The van der Waals surface area contributed by atoms with Gasteiger partial charge in [0.1, 0.15) is 0 Å². The van der Waals surface area contributed by atoms with Crippen molar-refractivity contribution in [1.29, 1.82) is 0 Å². The van der Waals surface area contributed by atoms with Crippen LogP contribution in [-0.2, 0) is 5.32 Å². The minimum atomic E-state index is -0.374. The van der Waals surface area contributed by atoms with Crippen LogP contribution >= 0.6 is 0 Å². The maximum absolute atomic E-state index is 10.3. The summed E-state index contributed by atoms with van der Waals surface area (Å²) >= 11 is 0.593. The molecule has 0 amide bonds. The van der Waals surface area contributed by atoms with Gasteiger partial charge in [0.2, 0.25) is 0 Å². The van der Waals surface area contributed by atoms with Crippen molar-refractivity contribution < 1.29 is 4.92 Å². The van der Waals surface area contributed by atoms with Crippen LogP contribution in [0.1, 0.15) is 5.56 Å². The summed E-state index contributed by atoms with van der Waals surface area (Å²) in [5.74, 6) is 2.15. The van der Waals surface area contributed by atoms with Crippen molar-refractivity contribution in [3.05, 3.63) is 39.9 Å². The Bertz CT molecular complexity index is 271. The molecule has 0 aromatic heterocycles. The van der Waals surface area contributed by atoms with Gasteiger partial charge in [-0.25, -0.2) is 0 Å². The van der Waals surface area contributed by atoms with E-state index >= 15 is 0 Å². The van der Waals surface area contributed by atoms with Crippen molar-refractivity contribution in [3.8, 4) is 0 Å². The maximum atomic E-state index is 10.3. The zero-order chi connectivity index (χ0) is 8.97. The van der Waals surface area contributed by atoms with Gasteiger partial charge in [-0.3, -0.25) is 0 Å². The molecule has 0 unspecified atom stereocenters. The zero-order valence-corrected chi connectivity index (χ0v) is 8.40. The van der Waals surface area contributed by atoms with Crippen molar-refractivity contribution in [3.63, 3.8) is 0 Å². The molecule has 0 fully saturated rings. The number of hydrogen-bond donors (Lipinski definition) is 0. The third-order valence-corrected chi connectivity index (χ3v) is 2.76. The SMILES string of the molecule is C[Se]Cc1ccc([N+](=O)[O-])cc1. The molecule has 4 heteroatoms. The summed E-state index contributed by atoms with van der Waals surface area (Å²) in [7, 11) is 0. The Morgan fingerprint density at radius 1 is 1.42 bits per heavy atom. The van der Waals surface area contributed by atoms with Crippen LogP contribution in [-0.4, -0.2) is 19.9 Å². The molecule has 1 aromatic carbocycles. The molecule has 0 heterocycles. The Labute approximate surface area is 77.1 Å². The quantitative estimate of drug-likeness (QED) is 0.451. The van der Waals surface area contributed by atoms with Gasteiger partial charge >= 0.3 is 76.7 Å². The number of non-ortho nitro benzene ring substituents is 1. The number of nitrogens with zero attached hydrogens (tertiary/aromatic N) is 1. The average Bonchev–Trinajstić information content (AvgIpc) is 2.06. The first-order chi connectivity index (χ1) is 5.74. The van der Waals surface area contributed by atoms with Crippen LogP contribution < -0.4 is 0 Å². The standard InChI is InChI=1S/C8H9NO2Se/c1-12-6-7-2-4-8(5-3-7)9(10)11/h2-5H,6H2,1H3. The molecule has 12 heavy (non-hydrogen) atoms. The van der Waals surface area contributed by atoms with E-state index in [2.05, 4.69) is 5.82 Å². The fourth-order valence-electron chi connectivity index (χ4n) is 0.881. The first-order valence-corrected chi connectivity index (χ1v) is 6.38. The molecular formula is C8H9NO2Se. The van der Waals surface area contributed by atoms with E-state index in [0.717, 1.165) is 5.32 Å². The number of hydrogen-bond acceptors (Lipinski definition) is 2. The first-order valence-electron chi connectivity index (χ1n) is 3.46. The number of benzene rings is 1. The van der Waals surface area contributed by atoms with Crippen LogP contribution in [0.3, 0.4) is 0 Å². The van der Waals surface area contributed by atoms with Crippen LogP contribution in [0.25, 0.3) is 0 Å². The molecule has 0 saturated carbocycles. The predicted molar refractivity (Wildman–Crippen MR) is 48.4 cm³/mol. The summed E-state index contributed by atoms with van der Waals surface area (Å²) in [6, 6.07) is 6.76. The van der Waals surface area contributed by atoms with Gasteiger partial charge < -0.3 is 0 Å². The zero-order valence-electron chi connectivity index (χ0n) is 6.69. The van der Waals surface area contributed by atoms with E-state index in [1.165, 1.54) is 5.56 Å². The van der Waals surface area contributed by atoms with E-state index in [9.17, 15) is 10.1 Å². The Hall–Kier alpha value is -0.861. The molecule has 0 spiro atoms. The first kappa shape index (κ1) is 9.23. The normalized spacial score (nSPS) is 9.75. The van der Waals surface area contributed by atoms with Gasteiger partial charge in [-0.05, 0) is 0 Å². The van der Waals surface area contributed by atoms with Crippen molar-refractivity contribution in [2.45, 2.75) is 11.1 Å². The molecule has 0 atom stereocenters. The van der Waals surface area contributed by atoms with Crippen molar-refractivity contribution in [2.24, 2.45) is 0 Å². The molecule has 0 bridgehead atoms. The molecule has 0 radical (unpaired) electrons. The van der Waals surface area contributed by atoms with Gasteiger partial charge in [-0.2, -0.15) is 0 Å². The summed E-state index contributed by atoms with van der Waals surface area (Å²) in [5.41, 5.74) is 1.35. The van der Waals surface area contributed by atoms with Crippen LogP contribution in [0.5, 0.6) is 0 Å². The molecule has 1 aromatic rings. The van der Waals surface area contributed by atoms with E-state index in [1.807, 2.05) is 12.1 Å². The minimum absolute atomic E-state index is 0.169. The van der Waals surface area contributed by atoms with Gasteiger partial charge in [0, 0.05) is 0 Å². The van der Waals surface area contributed by atoms with E-state index in [-0.39, 0.29) is 10.6 Å². The molecule has 0 saturated heterocycles. The Morgan fingerprint density at radius 3 is 2.42 bits per heavy atom. The van der Waals surface area contributed by atoms with Crippen LogP contribution in [0.15, 0.2) is 24.3 Å². The summed E-state index contributed by atoms with van der Waals surface area (Å²) in [5, 5.41) is 11.3. The van der Waals surface area contributed by atoms with Crippen molar-refractivity contribution >= 4 is 20.6 Å². The summed E-state index contributed by atoms with van der Waals surface area (Å²) in [4.78, 5) is 9.91. The van der Waals surface area contributed by atoms with E-state index in [4.69, 9.17) is 0 Å². The Morgan fingerprint density at radius 2 is 2.00 bits per heavy atom. The third kappa shape index (κ3) is 2.32. The Balaban J connectivity index is 2.78. The van der Waals surface area contributed by atoms with Gasteiger partial charge in [-0.15, -0.1) is 0 Å². The summed E-state index contributed by atoms with van der Waals surface area (Å²) < 4.78 is 0. The number of rotatable bonds is 3. The van der Waals surface area contributed by atoms with E-state index in [0.29, 0.717) is 15.0 Å². The molecule has 0 aliphatic heterocycles. The van der Waals surface area contributed by atoms with Crippen molar-refractivity contribution in [1.82, 2.24) is 0 Å². The topological polar surface area (TPSA) is 43.1 Å². The van der Waals surface area contributed by atoms with E-state index in [1.54, 1.807) is 12.1 Å². The van der Waals surface area contributed by atoms with Gasteiger partial charge in [0.25, 0.3) is 0 Å². The average molecular weight is 230 g/mol. The fourth-order valence-corrected chi connectivity index (χ4v) is 1.98. The fraction of sp³-hybridized carbons (Fsp3) is 0.250. The molecular weight excluding hydrogens is 221 g/mol. The molecule has 1 rings (SSSR count). The second kappa shape index (κ2) is 4.24. The Kier molecular flexibility index (Phi) is 3.26. The number of nitro groups is 1. The van der Waals surface area contributed by atoms with Crippen LogP contribution in [0.2, 0.25) is 5.82 Å². The van der Waals surface area contributed by atoms with Gasteiger partial charge in [0.15, 0.2) is 0 Å². The summed E-state index contributed by atoms with van der Waals surface area (Å²) in [6.07, 6.45) is 0. The predicted octanol–water partition coefficient (Wildman–Crippen LogP) is 1.85. The van der Waals surface area contributed by atoms with Gasteiger partial charge in [-0.1, -0.05) is 0 Å². The van der Waals surface area contributed by atoms with Crippen LogP contribution in [0.4, 0.5) is 5.69 Å². The number of nitro benzene ring substituents is 1.